The fourth-order valence-corrected chi connectivity index (χ4v) is 2.08. The van der Waals surface area contributed by atoms with Crippen LogP contribution >= 0.6 is 0 Å². The Morgan fingerprint density at radius 1 is 1.50 bits per heavy atom. The van der Waals surface area contributed by atoms with Crippen molar-refractivity contribution >= 4 is 5.78 Å². The van der Waals surface area contributed by atoms with Crippen LogP contribution in [0.2, 0.25) is 0 Å². The van der Waals surface area contributed by atoms with E-state index in [1.807, 2.05) is 0 Å². The number of carbonyl (C=O) groups is 1. The Morgan fingerprint density at radius 3 is 2.79 bits per heavy atom. The van der Waals surface area contributed by atoms with Crippen molar-refractivity contribution in [1.82, 2.24) is 4.98 Å². The molecule has 2 heteroatoms. The summed E-state index contributed by atoms with van der Waals surface area (Å²) < 4.78 is 0. The van der Waals surface area contributed by atoms with Crippen LogP contribution in [0, 0.1) is 0 Å². The van der Waals surface area contributed by atoms with Crippen LogP contribution in [0.4, 0.5) is 0 Å². The van der Waals surface area contributed by atoms with E-state index in [1.165, 1.54) is 11.3 Å². The number of hydrogen-bond donors (Lipinski definition) is 1. The number of nitrogens with one attached hydrogen (secondary N) is 1. The monoisotopic (exact) mass is 191 g/mol. The highest BCUT2D eigenvalue weighted by Gasteiger charge is 2.24. The number of aromatic nitrogens is 1. The van der Waals surface area contributed by atoms with Crippen molar-refractivity contribution in [3.63, 3.8) is 0 Å². The summed E-state index contributed by atoms with van der Waals surface area (Å²) in [5.74, 6) is 1.43. The topological polar surface area (TPSA) is 32.9 Å². The van der Waals surface area contributed by atoms with Crippen LogP contribution in [0.25, 0.3) is 0 Å². The number of carbonyl (C=O) groups excluding carboxylic acids is 1. The Labute approximate surface area is 84.7 Å². The summed E-state index contributed by atoms with van der Waals surface area (Å²) in [4.78, 5) is 14.5. The summed E-state index contributed by atoms with van der Waals surface area (Å²) in [5.41, 5.74) is 2.60. The first kappa shape index (κ1) is 9.50. The number of rotatable bonds is 2. The average molecular weight is 191 g/mol. The van der Waals surface area contributed by atoms with Gasteiger partial charge in [0.1, 0.15) is 5.78 Å². The maximum Gasteiger partial charge on any atom is 0.133 e. The molecule has 1 unspecified atom stereocenters. The quantitative estimate of drug-likeness (QED) is 0.766. The van der Waals surface area contributed by atoms with Gasteiger partial charge in [0.25, 0.3) is 0 Å². The molecule has 0 spiro atoms. The summed E-state index contributed by atoms with van der Waals surface area (Å²) in [7, 11) is 0. The van der Waals surface area contributed by atoms with Gasteiger partial charge in [-0.05, 0) is 24.0 Å². The number of H-pyrrole nitrogens is 1. The maximum atomic E-state index is 11.2. The zero-order valence-corrected chi connectivity index (χ0v) is 8.84. The third-order valence-electron chi connectivity index (χ3n) is 3.08. The van der Waals surface area contributed by atoms with E-state index < -0.39 is 0 Å². The summed E-state index contributed by atoms with van der Waals surface area (Å²) in [6.07, 6.45) is 4.60. The van der Waals surface area contributed by atoms with Gasteiger partial charge in [-0.25, -0.2) is 0 Å². The summed E-state index contributed by atoms with van der Waals surface area (Å²) in [6.45, 7) is 4.37. The molecule has 1 aliphatic carbocycles. The van der Waals surface area contributed by atoms with Crippen molar-refractivity contribution < 1.29 is 4.79 Å². The van der Waals surface area contributed by atoms with Crippen molar-refractivity contribution in [2.24, 2.45) is 0 Å². The molecule has 1 aliphatic rings. The second-order valence-corrected chi connectivity index (χ2v) is 4.52. The Hall–Kier alpha value is -1.05. The minimum absolute atomic E-state index is 0.413. The lowest BCUT2D eigenvalue weighted by molar-refractivity contribution is -0.117. The molecule has 0 aliphatic heterocycles. The second-order valence-electron chi connectivity index (χ2n) is 4.52. The van der Waals surface area contributed by atoms with Crippen molar-refractivity contribution in [3.8, 4) is 0 Å². The zero-order valence-electron chi connectivity index (χ0n) is 8.84. The average Bonchev–Trinajstić information content (AvgIpc) is 2.70. The molecule has 1 saturated carbocycles. The number of hydrogen-bond acceptors (Lipinski definition) is 1. The van der Waals surface area contributed by atoms with Gasteiger partial charge in [0, 0.05) is 30.7 Å². The lowest BCUT2D eigenvalue weighted by atomic mass is 10.0. The van der Waals surface area contributed by atoms with Crippen molar-refractivity contribution in [1.29, 1.82) is 0 Å². The Balaban J connectivity index is 2.13. The van der Waals surface area contributed by atoms with Gasteiger partial charge in [0.15, 0.2) is 0 Å². The molecule has 0 bridgehead atoms. The van der Waals surface area contributed by atoms with Crippen LogP contribution in [0.3, 0.4) is 0 Å². The molecule has 0 radical (unpaired) electrons. The van der Waals surface area contributed by atoms with Gasteiger partial charge in [-0.2, -0.15) is 0 Å². The summed E-state index contributed by atoms with van der Waals surface area (Å²) in [6, 6.07) is 2.22. The van der Waals surface area contributed by atoms with Crippen LogP contribution in [-0.4, -0.2) is 10.8 Å². The maximum absolute atomic E-state index is 11.2. The molecule has 0 amide bonds. The van der Waals surface area contributed by atoms with Gasteiger partial charge in [-0.3, -0.25) is 4.79 Å². The first-order chi connectivity index (χ1) is 6.66. The molecule has 1 atom stereocenters. The highest BCUT2D eigenvalue weighted by atomic mass is 16.1. The molecule has 2 nitrogen and oxygen atoms in total. The standard InChI is InChI=1S/C12H17NO/c1-8(2)10-6-12(13-7-10)9-3-4-11(14)5-9/h6-9,13H,3-5H2,1-2H3. The van der Waals surface area contributed by atoms with Crippen LogP contribution in [-0.2, 0) is 4.79 Å². The third-order valence-corrected chi connectivity index (χ3v) is 3.08. The predicted molar refractivity (Wildman–Crippen MR) is 56.5 cm³/mol. The van der Waals surface area contributed by atoms with E-state index in [0.717, 1.165) is 19.3 Å². The Morgan fingerprint density at radius 2 is 2.29 bits per heavy atom. The van der Waals surface area contributed by atoms with Gasteiger partial charge < -0.3 is 4.98 Å². The Kier molecular flexibility index (Phi) is 2.44. The van der Waals surface area contributed by atoms with Crippen molar-refractivity contribution in [3.05, 3.63) is 23.5 Å². The predicted octanol–water partition coefficient (Wildman–Crippen LogP) is 2.97. The van der Waals surface area contributed by atoms with E-state index >= 15 is 0 Å². The molecule has 1 N–H and O–H groups in total. The van der Waals surface area contributed by atoms with Crippen LogP contribution in [0.5, 0.6) is 0 Å². The minimum Gasteiger partial charge on any atom is -0.364 e. The molecule has 1 fully saturated rings. The van der Waals surface area contributed by atoms with Crippen LogP contribution in [0.15, 0.2) is 12.3 Å². The largest absolute Gasteiger partial charge is 0.364 e. The van der Waals surface area contributed by atoms with E-state index in [1.54, 1.807) is 0 Å². The highest BCUT2D eigenvalue weighted by Crippen LogP contribution is 2.32. The SMILES string of the molecule is CC(C)c1c[nH]c(C2CCC(=O)C2)c1. The zero-order chi connectivity index (χ0) is 10.1. The Bertz CT molecular complexity index is 338. The minimum atomic E-state index is 0.413. The van der Waals surface area contributed by atoms with Crippen molar-refractivity contribution in [2.45, 2.75) is 44.9 Å². The number of ketones is 1. The van der Waals surface area contributed by atoms with Gasteiger partial charge in [0.2, 0.25) is 0 Å². The second kappa shape index (κ2) is 3.60. The van der Waals surface area contributed by atoms with Gasteiger partial charge in [0.05, 0.1) is 0 Å². The highest BCUT2D eigenvalue weighted by molar-refractivity contribution is 5.81. The first-order valence-electron chi connectivity index (χ1n) is 5.36. The van der Waals surface area contributed by atoms with E-state index in [-0.39, 0.29) is 0 Å². The molecule has 1 aromatic heterocycles. The lowest BCUT2D eigenvalue weighted by Gasteiger charge is -2.04. The summed E-state index contributed by atoms with van der Waals surface area (Å²) in [5, 5.41) is 0. The lowest BCUT2D eigenvalue weighted by Crippen LogP contribution is -1.93. The molecule has 1 aromatic rings. The molecular weight excluding hydrogens is 174 g/mol. The fourth-order valence-electron chi connectivity index (χ4n) is 2.08. The molecule has 14 heavy (non-hydrogen) atoms. The van der Waals surface area contributed by atoms with Crippen molar-refractivity contribution in [2.75, 3.05) is 0 Å². The third kappa shape index (κ3) is 1.74. The number of Topliss-reactive ketones (excluding diaryl/α,β-unsaturated/α-hetero) is 1. The molecule has 0 aromatic carbocycles. The van der Waals surface area contributed by atoms with Crippen LogP contribution in [0.1, 0.15) is 56.2 Å². The molecule has 1 heterocycles. The molecule has 2 rings (SSSR count). The van der Waals surface area contributed by atoms with Gasteiger partial charge in [-0.15, -0.1) is 0 Å². The van der Waals surface area contributed by atoms with Gasteiger partial charge >= 0.3 is 0 Å². The van der Waals surface area contributed by atoms with E-state index in [2.05, 4.69) is 31.1 Å². The van der Waals surface area contributed by atoms with Crippen LogP contribution < -0.4 is 0 Å². The fraction of sp³-hybridized carbons (Fsp3) is 0.583. The smallest absolute Gasteiger partial charge is 0.133 e. The van der Waals surface area contributed by atoms with E-state index in [9.17, 15) is 4.79 Å². The van der Waals surface area contributed by atoms with E-state index in [4.69, 9.17) is 0 Å². The normalized spacial score (nSPS) is 22.2. The summed E-state index contributed by atoms with van der Waals surface area (Å²) >= 11 is 0. The number of aromatic amines is 1. The van der Waals surface area contributed by atoms with Gasteiger partial charge in [-0.1, -0.05) is 13.8 Å². The first-order valence-corrected chi connectivity index (χ1v) is 5.36. The molecular formula is C12H17NO. The molecule has 0 saturated heterocycles. The molecule has 76 valence electrons. The van der Waals surface area contributed by atoms with E-state index in [0.29, 0.717) is 17.6 Å².